The normalized spacial score (nSPS) is 21.5. The molecule has 1 fully saturated rings. The van der Waals surface area contributed by atoms with Crippen molar-refractivity contribution in [2.24, 2.45) is 11.8 Å². The highest BCUT2D eigenvalue weighted by molar-refractivity contribution is 5.66. The van der Waals surface area contributed by atoms with Crippen LogP contribution in [0.4, 0.5) is 0 Å². The van der Waals surface area contributed by atoms with E-state index in [0.717, 1.165) is 11.8 Å². The molecular weight excluding hydrogens is 208 g/mol. The van der Waals surface area contributed by atoms with Gasteiger partial charge in [0.15, 0.2) is 0 Å². The molecular formula is C15H26N2. The second kappa shape index (κ2) is 5.36. The number of nitrogens with zero attached hydrogens (tertiary/aromatic N) is 1. The molecule has 0 saturated heterocycles. The average Bonchev–Trinajstić information content (AvgIpc) is 2.73. The van der Waals surface area contributed by atoms with E-state index in [-0.39, 0.29) is 0 Å². The molecule has 0 bridgehead atoms. The maximum atomic E-state index is 3.40. The van der Waals surface area contributed by atoms with Crippen molar-refractivity contribution < 1.29 is 0 Å². The fraction of sp³-hybridized carbons (Fsp3) is 0.733. The molecule has 1 N–H and O–H groups in total. The van der Waals surface area contributed by atoms with E-state index >= 15 is 0 Å². The monoisotopic (exact) mass is 234 g/mol. The topological polar surface area (TPSA) is 15.3 Å². The lowest BCUT2D eigenvalue weighted by atomic mass is 9.99. The summed E-state index contributed by atoms with van der Waals surface area (Å²) in [5.41, 5.74) is 3.23. The number of hydrogen-bond donors (Lipinski definition) is 1. The van der Waals surface area contributed by atoms with Gasteiger partial charge in [0, 0.05) is 25.0 Å². The molecule has 17 heavy (non-hydrogen) atoms. The summed E-state index contributed by atoms with van der Waals surface area (Å²) in [4.78, 5) is 2.50. The van der Waals surface area contributed by atoms with Crippen LogP contribution in [-0.4, -0.2) is 38.1 Å². The Balaban J connectivity index is 1.65. The van der Waals surface area contributed by atoms with Gasteiger partial charge < -0.3 is 10.2 Å². The van der Waals surface area contributed by atoms with Gasteiger partial charge >= 0.3 is 0 Å². The third kappa shape index (κ3) is 2.99. The van der Waals surface area contributed by atoms with Crippen LogP contribution in [0.25, 0.3) is 0 Å². The standard InChI is InChI=1S/C15H26N2/c1-5-12(16-3)8-11(2)9-17(4)10-15-13-6-7-14(13)15/h6-7,11-12,15-16H,5,8-10H2,1-4H3. The minimum Gasteiger partial charge on any atom is -0.317 e. The van der Waals surface area contributed by atoms with E-state index in [1.807, 2.05) is 0 Å². The minimum absolute atomic E-state index is 0.681. The number of allylic oxidation sites excluding steroid dienone is 2. The Morgan fingerprint density at radius 2 is 2.00 bits per heavy atom. The van der Waals surface area contributed by atoms with Crippen LogP contribution in [0.3, 0.4) is 0 Å². The molecule has 2 aliphatic carbocycles. The van der Waals surface area contributed by atoms with Crippen LogP contribution in [0.1, 0.15) is 26.7 Å². The van der Waals surface area contributed by atoms with Crippen molar-refractivity contribution in [1.29, 1.82) is 0 Å². The van der Waals surface area contributed by atoms with Gasteiger partial charge in [0.2, 0.25) is 0 Å². The van der Waals surface area contributed by atoms with Crippen LogP contribution < -0.4 is 5.32 Å². The Kier molecular flexibility index (Phi) is 4.05. The Labute approximate surface area is 106 Å². The Morgan fingerprint density at radius 3 is 2.47 bits per heavy atom. The molecule has 96 valence electrons. The van der Waals surface area contributed by atoms with Gasteiger partial charge in [-0.05, 0) is 44.0 Å². The molecule has 2 heteroatoms. The van der Waals surface area contributed by atoms with Crippen molar-refractivity contribution in [3.63, 3.8) is 0 Å². The summed E-state index contributed by atoms with van der Waals surface area (Å²) in [6.07, 6.45) is 7.05. The lowest BCUT2D eigenvalue weighted by Crippen LogP contribution is -2.32. The van der Waals surface area contributed by atoms with E-state index in [2.05, 4.69) is 50.3 Å². The summed E-state index contributed by atoms with van der Waals surface area (Å²) in [5, 5.41) is 3.40. The van der Waals surface area contributed by atoms with Gasteiger partial charge in [-0.1, -0.05) is 26.0 Å². The minimum atomic E-state index is 0.681. The third-order valence-corrected chi connectivity index (χ3v) is 4.15. The van der Waals surface area contributed by atoms with Crippen molar-refractivity contribution >= 4 is 0 Å². The number of nitrogens with one attached hydrogen (secondary N) is 1. The van der Waals surface area contributed by atoms with Crippen LogP contribution in [0.5, 0.6) is 0 Å². The van der Waals surface area contributed by atoms with Crippen LogP contribution in [-0.2, 0) is 0 Å². The van der Waals surface area contributed by atoms with Gasteiger partial charge in [-0.3, -0.25) is 0 Å². The van der Waals surface area contributed by atoms with Crippen molar-refractivity contribution in [1.82, 2.24) is 10.2 Å². The largest absolute Gasteiger partial charge is 0.317 e. The summed E-state index contributed by atoms with van der Waals surface area (Å²) in [5.74, 6) is 1.57. The molecule has 2 atom stereocenters. The molecule has 0 aromatic rings. The van der Waals surface area contributed by atoms with Gasteiger partial charge in [-0.15, -0.1) is 0 Å². The summed E-state index contributed by atoms with van der Waals surface area (Å²) in [6, 6.07) is 0.681. The van der Waals surface area contributed by atoms with Crippen molar-refractivity contribution in [2.75, 3.05) is 27.2 Å². The van der Waals surface area contributed by atoms with Crippen molar-refractivity contribution in [3.8, 4) is 0 Å². The first kappa shape index (κ1) is 12.8. The van der Waals surface area contributed by atoms with Gasteiger partial charge in [-0.25, -0.2) is 0 Å². The SMILES string of the molecule is CCC(CC(C)CN(C)CC1C2=CC=C21)NC. The van der Waals surface area contributed by atoms with Crippen molar-refractivity contribution in [3.05, 3.63) is 23.3 Å². The van der Waals surface area contributed by atoms with Crippen LogP contribution in [0.2, 0.25) is 0 Å². The molecule has 2 nitrogen and oxygen atoms in total. The van der Waals surface area contributed by atoms with E-state index in [1.165, 1.54) is 25.9 Å². The van der Waals surface area contributed by atoms with Crippen LogP contribution in [0, 0.1) is 11.8 Å². The van der Waals surface area contributed by atoms with Gasteiger partial charge in [-0.2, -0.15) is 0 Å². The summed E-state index contributed by atoms with van der Waals surface area (Å²) in [6.45, 7) is 7.07. The van der Waals surface area contributed by atoms with E-state index in [4.69, 9.17) is 0 Å². The molecule has 0 aromatic heterocycles. The van der Waals surface area contributed by atoms with E-state index in [9.17, 15) is 0 Å². The predicted octanol–water partition coefficient (Wildman–Crippen LogP) is 2.44. The maximum absolute atomic E-state index is 3.40. The molecule has 0 spiro atoms. The zero-order chi connectivity index (χ0) is 12.4. The van der Waals surface area contributed by atoms with Gasteiger partial charge in [0.05, 0.1) is 0 Å². The molecule has 0 heterocycles. The third-order valence-electron chi connectivity index (χ3n) is 4.15. The summed E-state index contributed by atoms with van der Waals surface area (Å²) in [7, 11) is 4.33. The molecule has 1 saturated carbocycles. The summed E-state index contributed by atoms with van der Waals surface area (Å²) < 4.78 is 0. The first-order valence-corrected chi connectivity index (χ1v) is 6.93. The smallest absolute Gasteiger partial charge is 0.0223 e. The predicted molar refractivity (Wildman–Crippen MR) is 74.1 cm³/mol. The second-order valence-corrected chi connectivity index (χ2v) is 5.75. The quantitative estimate of drug-likeness (QED) is 0.694. The van der Waals surface area contributed by atoms with E-state index < -0.39 is 0 Å². The lowest BCUT2D eigenvalue weighted by molar-refractivity contribution is 0.260. The second-order valence-electron chi connectivity index (χ2n) is 5.75. The van der Waals surface area contributed by atoms with Crippen LogP contribution >= 0.6 is 0 Å². The number of fused-ring (bicyclic) bond motifs is 1. The fourth-order valence-corrected chi connectivity index (χ4v) is 2.98. The average molecular weight is 234 g/mol. The molecule has 2 unspecified atom stereocenters. The maximum Gasteiger partial charge on any atom is 0.0223 e. The molecule has 0 aromatic carbocycles. The summed E-state index contributed by atoms with van der Waals surface area (Å²) >= 11 is 0. The first-order valence-electron chi connectivity index (χ1n) is 6.93. The first-order chi connectivity index (χ1) is 8.15. The van der Waals surface area contributed by atoms with Gasteiger partial charge in [0.1, 0.15) is 0 Å². The van der Waals surface area contributed by atoms with Gasteiger partial charge in [0.25, 0.3) is 0 Å². The molecule has 2 aliphatic rings. The van der Waals surface area contributed by atoms with E-state index in [1.54, 1.807) is 11.1 Å². The molecule has 0 aliphatic heterocycles. The number of hydrogen-bond acceptors (Lipinski definition) is 2. The van der Waals surface area contributed by atoms with Crippen LogP contribution in [0.15, 0.2) is 23.3 Å². The highest BCUT2D eigenvalue weighted by Gasteiger charge is 2.41. The highest BCUT2D eigenvalue weighted by atomic mass is 15.1. The van der Waals surface area contributed by atoms with E-state index in [0.29, 0.717) is 6.04 Å². The zero-order valence-corrected chi connectivity index (χ0v) is 11.7. The Bertz CT molecular complexity index is 308. The Morgan fingerprint density at radius 1 is 1.35 bits per heavy atom. The fourth-order valence-electron chi connectivity index (χ4n) is 2.98. The molecule has 0 radical (unpaired) electrons. The molecule has 2 rings (SSSR count). The highest BCUT2D eigenvalue weighted by Crippen LogP contribution is 2.51. The molecule has 0 amide bonds. The number of rotatable bonds is 8. The Hall–Kier alpha value is -0.600. The lowest BCUT2D eigenvalue weighted by Gasteiger charge is -2.24. The van der Waals surface area contributed by atoms with Crippen molar-refractivity contribution in [2.45, 2.75) is 32.7 Å². The zero-order valence-electron chi connectivity index (χ0n) is 11.7.